The first-order valence-electron chi connectivity index (χ1n) is 5.05. The number of methoxy groups -OCH3 is 1. The Balaban J connectivity index is 2.09. The molecule has 1 fully saturated rings. The summed E-state index contributed by atoms with van der Waals surface area (Å²) in [7, 11) is 1.69. The van der Waals surface area contributed by atoms with Gasteiger partial charge in [0.05, 0.1) is 19.8 Å². The second-order valence-corrected chi connectivity index (χ2v) is 3.85. The highest BCUT2D eigenvalue weighted by Gasteiger charge is 2.23. The third-order valence-corrected chi connectivity index (χ3v) is 2.79. The van der Waals surface area contributed by atoms with E-state index in [-0.39, 0.29) is 0 Å². The molecule has 1 saturated heterocycles. The Bertz CT molecular complexity index is 292. The van der Waals surface area contributed by atoms with E-state index in [0.29, 0.717) is 12.0 Å². The van der Waals surface area contributed by atoms with Gasteiger partial charge in [-0.1, -0.05) is 12.1 Å². The van der Waals surface area contributed by atoms with Gasteiger partial charge in [-0.25, -0.2) is 0 Å². The maximum absolute atomic E-state index is 5.55. The molecule has 0 amide bonds. The van der Waals surface area contributed by atoms with E-state index in [4.69, 9.17) is 9.47 Å². The standard InChI is InChI=1S/C12H16O2/c1-9-7-11(8-14-9)10-3-5-12(13-2)6-4-10/h3-6,9,11H,7-8H2,1-2H3/t9-,11+/m0/s1. The van der Waals surface area contributed by atoms with E-state index in [9.17, 15) is 0 Å². The van der Waals surface area contributed by atoms with Crippen molar-refractivity contribution in [2.45, 2.75) is 25.4 Å². The van der Waals surface area contributed by atoms with Gasteiger partial charge in [0.25, 0.3) is 0 Å². The quantitative estimate of drug-likeness (QED) is 0.717. The van der Waals surface area contributed by atoms with Gasteiger partial charge in [-0.3, -0.25) is 0 Å². The SMILES string of the molecule is COc1ccc([C@H]2CO[C@@H](C)C2)cc1. The highest BCUT2D eigenvalue weighted by molar-refractivity contribution is 5.29. The lowest BCUT2D eigenvalue weighted by Crippen LogP contribution is -1.97. The lowest BCUT2D eigenvalue weighted by atomic mass is 9.97. The summed E-state index contributed by atoms with van der Waals surface area (Å²) in [5.41, 5.74) is 1.36. The van der Waals surface area contributed by atoms with Crippen LogP contribution < -0.4 is 4.74 Å². The van der Waals surface area contributed by atoms with Crippen molar-refractivity contribution < 1.29 is 9.47 Å². The van der Waals surface area contributed by atoms with Crippen molar-refractivity contribution >= 4 is 0 Å². The van der Waals surface area contributed by atoms with Crippen LogP contribution in [0.15, 0.2) is 24.3 Å². The summed E-state index contributed by atoms with van der Waals surface area (Å²) in [4.78, 5) is 0. The maximum atomic E-state index is 5.55. The molecule has 2 heteroatoms. The van der Waals surface area contributed by atoms with Crippen molar-refractivity contribution in [2.24, 2.45) is 0 Å². The van der Waals surface area contributed by atoms with Crippen molar-refractivity contribution in [1.29, 1.82) is 0 Å². The van der Waals surface area contributed by atoms with E-state index in [2.05, 4.69) is 19.1 Å². The highest BCUT2D eigenvalue weighted by Crippen LogP contribution is 2.29. The lowest BCUT2D eigenvalue weighted by Gasteiger charge is -2.08. The van der Waals surface area contributed by atoms with Crippen molar-refractivity contribution in [3.63, 3.8) is 0 Å². The summed E-state index contributed by atoms with van der Waals surface area (Å²) >= 11 is 0. The Morgan fingerprint density at radius 1 is 1.29 bits per heavy atom. The van der Waals surface area contributed by atoms with E-state index in [0.717, 1.165) is 18.8 Å². The first-order valence-corrected chi connectivity index (χ1v) is 5.05. The maximum Gasteiger partial charge on any atom is 0.118 e. The van der Waals surface area contributed by atoms with E-state index < -0.39 is 0 Å². The Kier molecular flexibility index (Phi) is 2.73. The van der Waals surface area contributed by atoms with Crippen LogP contribution in [0.3, 0.4) is 0 Å². The molecule has 0 aromatic heterocycles. The molecule has 0 N–H and O–H groups in total. The fourth-order valence-corrected chi connectivity index (χ4v) is 1.93. The summed E-state index contributed by atoms with van der Waals surface area (Å²) in [5.74, 6) is 1.48. The van der Waals surface area contributed by atoms with Crippen LogP contribution in [0.25, 0.3) is 0 Å². The number of hydrogen-bond acceptors (Lipinski definition) is 2. The Morgan fingerprint density at radius 3 is 2.50 bits per heavy atom. The average Bonchev–Trinajstić information content (AvgIpc) is 2.65. The molecule has 1 aliphatic rings. The Morgan fingerprint density at radius 2 is 2.00 bits per heavy atom. The fourth-order valence-electron chi connectivity index (χ4n) is 1.93. The van der Waals surface area contributed by atoms with Gasteiger partial charge in [-0.15, -0.1) is 0 Å². The Labute approximate surface area is 84.8 Å². The first-order chi connectivity index (χ1) is 6.79. The molecule has 0 aliphatic carbocycles. The molecule has 0 unspecified atom stereocenters. The summed E-state index contributed by atoms with van der Waals surface area (Å²) in [6, 6.07) is 8.28. The molecular weight excluding hydrogens is 176 g/mol. The van der Waals surface area contributed by atoms with Gasteiger partial charge in [-0.05, 0) is 31.0 Å². The van der Waals surface area contributed by atoms with E-state index in [1.54, 1.807) is 7.11 Å². The molecule has 0 radical (unpaired) electrons. The van der Waals surface area contributed by atoms with Gasteiger partial charge >= 0.3 is 0 Å². The molecule has 1 aliphatic heterocycles. The molecule has 76 valence electrons. The normalized spacial score (nSPS) is 26.4. The van der Waals surface area contributed by atoms with Crippen LogP contribution in [0.2, 0.25) is 0 Å². The molecule has 1 aromatic carbocycles. The van der Waals surface area contributed by atoms with Crippen molar-refractivity contribution in [1.82, 2.24) is 0 Å². The van der Waals surface area contributed by atoms with Crippen LogP contribution >= 0.6 is 0 Å². The third kappa shape index (κ3) is 1.90. The van der Waals surface area contributed by atoms with E-state index in [1.165, 1.54) is 5.56 Å². The summed E-state index contributed by atoms with van der Waals surface area (Å²) < 4.78 is 10.7. The van der Waals surface area contributed by atoms with Crippen LogP contribution in [0.4, 0.5) is 0 Å². The van der Waals surface area contributed by atoms with Crippen molar-refractivity contribution in [3.8, 4) is 5.75 Å². The molecule has 2 nitrogen and oxygen atoms in total. The zero-order valence-electron chi connectivity index (χ0n) is 8.69. The second kappa shape index (κ2) is 4.01. The molecule has 0 bridgehead atoms. The third-order valence-electron chi connectivity index (χ3n) is 2.79. The van der Waals surface area contributed by atoms with Crippen LogP contribution in [-0.4, -0.2) is 19.8 Å². The first kappa shape index (κ1) is 9.53. The van der Waals surface area contributed by atoms with Gasteiger partial charge in [0, 0.05) is 5.92 Å². The molecule has 0 saturated carbocycles. The second-order valence-electron chi connectivity index (χ2n) is 3.85. The molecule has 1 aromatic rings. The minimum Gasteiger partial charge on any atom is -0.497 e. The summed E-state index contributed by atoms with van der Waals surface area (Å²) in [6.07, 6.45) is 1.54. The molecule has 1 heterocycles. The predicted molar refractivity (Wildman–Crippen MR) is 55.8 cm³/mol. The largest absolute Gasteiger partial charge is 0.497 e. The number of ether oxygens (including phenoxy) is 2. The zero-order chi connectivity index (χ0) is 9.97. The highest BCUT2D eigenvalue weighted by atomic mass is 16.5. The van der Waals surface area contributed by atoms with Gasteiger partial charge < -0.3 is 9.47 Å². The zero-order valence-corrected chi connectivity index (χ0v) is 8.69. The van der Waals surface area contributed by atoms with Gasteiger partial charge in [0.2, 0.25) is 0 Å². The number of rotatable bonds is 2. The monoisotopic (exact) mass is 192 g/mol. The fraction of sp³-hybridized carbons (Fsp3) is 0.500. The van der Waals surface area contributed by atoms with E-state index >= 15 is 0 Å². The number of benzene rings is 1. The average molecular weight is 192 g/mol. The van der Waals surface area contributed by atoms with Crippen LogP contribution in [0.1, 0.15) is 24.8 Å². The van der Waals surface area contributed by atoms with Gasteiger partial charge in [0.15, 0.2) is 0 Å². The van der Waals surface area contributed by atoms with Crippen molar-refractivity contribution in [2.75, 3.05) is 13.7 Å². The minimum absolute atomic E-state index is 0.405. The van der Waals surface area contributed by atoms with Crippen LogP contribution in [-0.2, 0) is 4.74 Å². The molecular formula is C12H16O2. The topological polar surface area (TPSA) is 18.5 Å². The van der Waals surface area contributed by atoms with E-state index in [1.807, 2.05) is 12.1 Å². The van der Waals surface area contributed by atoms with Gasteiger partial charge in [0.1, 0.15) is 5.75 Å². The molecule has 14 heavy (non-hydrogen) atoms. The van der Waals surface area contributed by atoms with Gasteiger partial charge in [-0.2, -0.15) is 0 Å². The minimum atomic E-state index is 0.405. The van der Waals surface area contributed by atoms with Crippen LogP contribution in [0.5, 0.6) is 5.75 Å². The Hall–Kier alpha value is -1.02. The molecule has 2 atom stereocenters. The molecule has 2 rings (SSSR count). The summed E-state index contributed by atoms with van der Waals surface area (Å²) in [5, 5.41) is 0. The van der Waals surface area contributed by atoms with Crippen LogP contribution in [0, 0.1) is 0 Å². The molecule has 0 spiro atoms. The van der Waals surface area contributed by atoms with Crippen molar-refractivity contribution in [3.05, 3.63) is 29.8 Å². The number of hydrogen-bond donors (Lipinski definition) is 0. The predicted octanol–water partition coefficient (Wildman–Crippen LogP) is 2.59. The smallest absolute Gasteiger partial charge is 0.118 e. The lowest BCUT2D eigenvalue weighted by molar-refractivity contribution is 0.123. The summed E-state index contributed by atoms with van der Waals surface area (Å²) in [6.45, 7) is 2.98.